The Morgan fingerprint density at radius 2 is 1.96 bits per heavy atom. The number of nitrogens with one attached hydrogen (secondary N) is 2. The van der Waals surface area contributed by atoms with Crippen LogP contribution >= 0.6 is 0 Å². The normalized spacial score (nSPS) is 16.7. The number of para-hydroxylation sites is 1. The number of nitrogens with zero attached hydrogens (tertiary/aromatic N) is 1. The predicted molar refractivity (Wildman–Crippen MR) is 81.3 cm³/mol. The van der Waals surface area contributed by atoms with E-state index >= 15 is 0 Å². The molecule has 2 N–H and O–H groups in total. The molecule has 23 heavy (non-hydrogen) atoms. The van der Waals surface area contributed by atoms with E-state index in [4.69, 9.17) is 0 Å². The molecule has 2 amide bonds. The van der Waals surface area contributed by atoms with Crippen molar-refractivity contribution in [3.05, 3.63) is 36.0 Å². The summed E-state index contributed by atoms with van der Waals surface area (Å²) in [7, 11) is 0. The van der Waals surface area contributed by atoms with Gasteiger partial charge in [0.25, 0.3) is 0 Å². The summed E-state index contributed by atoms with van der Waals surface area (Å²) in [5.74, 6) is 0.317. The molecule has 2 aromatic rings. The average molecular weight is 325 g/mol. The Balaban J connectivity index is 1.59. The third kappa shape index (κ3) is 3.60. The van der Waals surface area contributed by atoms with Crippen molar-refractivity contribution in [1.82, 2.24) is 15.2 Å². The summed E-state index contributed by atoms with van der Waals surface area (Å²) in [5.41, 5.74) is 2.30. The third-order valence-corrected chi connectivity index (χ3v) is 4.28. The highest BCUT2D eigenvalue weighted by atomic mass is 19.4. The first kappa shape index (κ1) is 15.7. The molecule has 0 aliphatic carbocycles. The van der Waals surface area contributed by atoms with Gasteiger partial charge in [0.1, 0.15) is 6.54 Å². The molecule has 1 aromatic carbocycles. The minimum absolute atomic E-state index is 0.317. The molecule has 2 heterocycles. The second-order valence-corrected chi connectivity index (χ2v) is 5.82. The molecule has 1 aliphatic heterocycles. The number of rotatable bonds is 2. The van der Waals surface area contributed by atoms with Gasteiger partial charge < -0.3 is 15.2 Å². The fourth-order valence-corrected chi connectivity index (χ4v) is 3.11. The molecule has 0 radical (unpaired) electrons. The molecule has 3 rings (SSSR count). The number of halogens is 3. The fourth-order valence-electron chi connectivity index (χ4n) is 3.11. The Morgan fingerprint density at radius 3 is 2.65 bits per heavy atom. The van der Waals surface area contributed by atoms with Crippen LogP contribution in [0.5, 0.6) is 0 Å². The number of urea groups is 1. The smallest absolute Gasteiger partial charge is 0.361 e. The number of carbonyl (C=O) groups excluding carboxylic acids is 1. The largest absolute Gasteiger partial charge is 0.405 e. The quantitative estimate of drug-likeness (QED) is 0.870. The summed E-state index contributed by atoms with van der Waals surface area (Å²) in [6.07, 6.45) is -0.880. The van der Waals surface area contributed by atoms with Crippen molar-refractivity contribution in [2.75, 3.05) is 19.6 Å². The molecule has 1 fully saturated rings. The number of hydrogen-bond donors (Lipinski definition) is 2. The van der Waals surface area contributed by atoms with Gasteiger partial charge in [-0.3, -0.25) is 0 Å². The Bertz CT molecular complexity index is 687. The van der Waals surface area contributed by atoms with E-state index in [9.17, 15) is 18.0 Å². The van der Waals surface area contributed by atoms with Crippen LogP contribution in [0.3, 0.4) is 0 Å². The van der Waals surface area contributed by atoms with E-state index < -0.39 is 18.8 Å². The maximum atomic E-state index is 12.1. The van der Waals surface area contributed by atoms with E-state index in [1.807, 2.05) is 29.7 Å². The van der Waals surface area contributed by atoms with Gasteiger partial charge in [-0.1, -0.05) is 18.2 Å². The van der Waals surface area contributed by atoms with E-state index in [0.29, 0.717) is 19.0 Å². The number of aromatic nitrogens is 1. The van der Waals surface area contributed by atoms with Gasteiger partial charge in [-0.2, -0.15) is 13.2 Å². The molecule has 1 aliphatic rings. The molecule has 4 nitrogen and oxygen atoms in total. The van der Waals surface area contributed by atoms with Gasteiger partial charge in [0.05, 0.1) is 0 Å². The number of aromatic amines is 1. The fraction of sp³-hybridized carbons (Fsp3) is 0.438. The minimum atomic E-state index is -4.38. The lowest BCUT2D eigenvalue weighted by Crippen LogP contribution is -2.46. The number of H-pyrrole nitrogens is 1. The van der Waals surface area contributed by atoms with Crippen molar-refractivity contribution in [2.24, 2.45) is 0 Å². The Hall–Kier alpha value is -2.18. The summed E-state index contributed by atoms with van der Waals surface area (Å²) in [6.45, 7) is -0.351. The van der Waals surface area contributed by atoms with Crippen molar-refractivity contribution in [2.45, 2.75) is 24.9 Å². The molecule has 0 unspecified atom stereocenters. The van der Waals surface area contributed by atoms with E-state index in [-0.39, 0.29) is 0 Å². The van der Waals surface area contributed by atoms with Crippen molar-refractivity contribution >= 4 is 16.9 Å². The zero-order valence-electron chi connectivity index (χ0n) is 12.5. The van der Waals surface area contributed by atoms with Crippen molar-refractivity contribution in [3.63, 3.8) is 0 Å². The van der Waals surface area contributed by atoms with Gasteiger partial charge >= 0.3 is 12.2 Å². The third-order valence-electron chi connectivity index (χ3n) is 4.28. The van der Waals surface area contributed by atoms with Gasteiger partial charge in [-0.05, 0) is 30.4 Å². The molecule has 7 heteroatoms. The molecule has 124 valence electrons. The Labute approximate surface area is 131 Å². The Kier molecular flexibility index (Phi) is 4.19. The number of fused-ring (bicyclic) bond motifs is 1. The maximum Gasteiger partial charge on any atom is 0.405 e. The zero-order chi connectivity index (χ0) is 16.4. The van der Waals surface area contributed by atoms with Crippen molar-refractivity contribution < 1.29 is 18.0 Å². The highest BCUT2D eigenvalue weighted by Crippen LogP contribution is 2.33. The van der Waals surface area contributed by atoms with Crippen molar-refractivity contribution in [3.8, 4) is 0 Å². The van der Waals surface area contributed by atoms with Crippen LogP contribution in [0.4, 0.5) is 18.0 Å². The van der Waals surface area contributed by atoms with Gasteiger partial charge in [0.15, 0.2) is 0 Å². The maximum absolute atomic E-state index is 12.1. The highest BCUT2D eigenvalue weighted by Gasteiger charge is 2.30. The van der Waals surface area contributed by atoms with Crippen LogP contribution in [-0.2, 0) is 0 Å². The monoisotopic (exact) mass is 325 g/mol. The number of hydrogen-bond acceptors (Lipinski definition) is 1. The van der Waals surface area contributed by atoms with Crippen LogP contribution in [0, 0.1) is 0 Å². The average Bonchev–Trinajstić information content (AvgIpc) is 2.96. The van der Waals surface area contributed by atoms with Crippen molar-refractivity contribution in [1.29, 1.82) is 0 Å². The molecular formula is C16H18F3N3O. The lowest BCUT2D eigenvalue weighted by atomic mass is 9.89. The number of piperidine rings is 1. The first-order valence-electron chi connectivity index (χ1n) is 7.59. The standard InChI is InChI=1S/C16H18F3N3O/c17-16(18,19)10-21-15(23)22-7-5-11(6-8-22)13-9-20-14-4-2-1-3-12(13)14/h1-4,9,11,20H,5-8,10H2,(H,21,23). The van der Waals surface area contributed by atoms with E-state index in [1.165, 1.54) is 15.8 Å². The summed E-state index contributed by atoms with van der Waals surface area (Å²) in [6, 6.07) is 7.39. The number of carbonyl (C=O) groups is 1. The van der Waals surface area contributed by atoms with E-state index in [1.54, 1.807) is 0 Å². The number of amides is 2. The van der Waals surface area contributed by atoms with E-state index in [0.717, 1.165) is 18.4 Å². The van der Waals surface area contributed by atoms with Crippen LogP contribution in [0.15, 0.2) is 30.5 Å². The lowest BCUT2D eigenvalue weighted by molar-refractivity contribution is -0.123. The SMILES string of the molecule is O=C(NCC(F)(F)F)N1CCC(c2c[nH]c3ccccc23)CC1. The van der Waals surface area contributed by atoms with Crippen LogP contribution in [0.2, 0.25) is 0 Å². The van der Waals surface area contributed by atoms with Crippen LogP contribution < -0.4 is 5.32 Å². The molecular weight excluding hydrogens is 307 g/mol. The molecule has 0 saturated carbocycles. The molecule has 0 atom stereocenters. The lowest BCUT2D eigenvalue weighted by Gasteiger charge is -2.32. The minimum Gasteiger partial charge on any atom is -0.361 e. The van der Waals surface area contributed by atoms with Gasteiger partial charge in [-0.15, -0.1) is 0 Å². The molecule has 1 aromatic heterocycles. The predicted octanol–water partition coefficient (Wildman–Crippen LogP) is 3.62. The summed E-state index contributed by atoms with van der Waals surface area (Å²) >= 11 is 0. The van der Waals surface area contributed by atoms with Crippen LogP contribution in [-0.4, -0.2) is 41.7 Å². The van der Waals surface area contributed by atoms with Gasteiger partial charge in [-0.25, -0.2) is 4.79 Å². The topological polar surface area (TPSA) is 48.1 Å². The van der Waals surface area contributed by atoms with Gasteiger partial charge in [0.2, 0.25) is 0 Å². The zero-order valence-corrected chi connectivity index (χ0v) is 12.5. The first-order valence-corrected chi connectivity index (χ1v) is 7.59. The first-order chi connectivity index (χ1) is 10.9. The number of benzene rings is 1. The molecule has 1 saturated heterocycles. The summed E-state index contributed by atoms with van der Waals surface area (Å²) < 4.78 is 36.4. The number of alkyl halides is 3. The molecule has 0 spiro atoms. The second kappa shape index (κ2) is 6.14. The highest BCUT2D eigenvalue weighted by molar-refractivity contribution is 5.83. The Morgan fingerprint density at radius 1 is 1.26 bits per heavy atom. The molecule has 0 bridgehead atoms. The summed E-state index contributed by atoms with van der Waals surface area (Å²) in [5, 5.41) is 3.10. The summed E-state index contributed by atoms with van der Waals surface area (Å²) in [4.78, 5) is 16.5. The number of likely N-dealkylation sites (tertiary alicyclic amines) is 1. The van der Waals surface area contributed by atoms with Crippen LogP contribution in [0.1, 0.15) is 24.3 Å². The van der Waals surface area contributed by atoms with Gasteiger partial charge in [0, 0.05) is 30.2 Å². The van der Waals surface area contributed by atoms with Crippen LogP contribution in [0.25, 0.3) is 10.9 Å². The second-order valence-electron chi connectivity index (χ2n) is 5.82. The van der Waals surface area contributed by atoms with E-state index in [2.05, 4.69) is 11.1 Å².